The van der Waals surface area contributed by atoms with E-state index < -0.39 is 0 Å². The lowest BCUT2D eigenvalue weighted by atomic mass is 9.84. The molecular weight excluding hydrogens is 536 g/mol. The van der Waals surface area contributed by atoms with Gasteiger partial charge in [0, 0.05) is 16.2 Å². The molecule has 8 aromatic carbocycles. The van der Waals surface area contributed by atoms with Gasteiger partial charge < -0.3 is 8.83 Å². The molecule has 0 atom stereocenters. The van der Waals surface area contributed by atoms with Gasteiger partial charge in [-0.2, -0.15) is 0 Å². The standard InChI is InChI=1S/C42H24O2/c1-2-13-26-25(11-1)12-9-19-27(26)38-28-14-3-5-16-30(28)39(31-17-6-4-15-29(31)38)33-20-10-22-36-40(33)34-23-24-37-41(42(34)44-36)32-18-7-8-21-35(32)43-37/h1-24H. The zero-order valence-corrected chi connectivity index (χ0v) is 23.7. The van der Waals surface area contributed by atoms with Crippen molar-refractivity contribution >= 4 is 76.2 Å². The SMILES string of the molecule is c1ccc2c(-c3c4ccccc4c(-c4cccc5oc6c(ccc7oc8ccccc8c76)c45)c4ccccc34)cccc2c1. The first-order valence-electron chi connectivity index (χ1n) is 15.0. The van der Waals surface area contributed by atoms with E-state index in [9.17, 15) is 0 Å². The lowest BCUT2D eigenvalue weighted by Crippen LogP contribution is -1.92. The number of fused-ring (bicyclic) bond motifs is 10. The maximum Gasteiger partial charge on any atom is 0.147 e. The first-order valence-corrected chi connectivity index (χ1v) is 15.0. The smallest absolute Gasteiger partial charge is 0.147 e. The van der Waals surface area contributed by atoms with Gasteiger partial charge in [-0.25, -0.2) is 0 Å². The summed E-state index contributed by atoms with van der Waals surface area (Å²) in [6, 6.07) is 51.9. The van der Waals surface area contributed by atoms with Crippen LogP contribution in [0.15, 0.2) is 154 Å². The number of para-hydroxylation sites is 1. The molecular formula is C42H24O2. The van der Waals surface area contributed by atoms with Gasteiger partial charge in [-0.05, 0) is 78.8 Å². The Kier molecular flexibility index (Phi) is 4.75. The van der Waals surface area contributed by atoms with E-state index in [-0.39, 0.29) is 0 Å². The molecule has 10 aromatic rings. The van der Waals surface area contributed by atoms with E-state index in [1.807, 2.05) is 12.1 Å². The Bertz CT molecular complexity index is 2710. The minimum atomic E-state index is 0.842. The Balaban J connectivity index is 1.37. The second-order valence-corrected chi connectivity index (χ2v) is 11.6. The minimum Gasteiger partial charge on any atom is -0.456 e. The third-order valence-corrected chi connectivity index (χ3v) is 9.26. The first kappa shape index (κ1) is 23.7. The topological polar surface area (TPSA) is 26.3 Å². The highest BCUT2D eigenvalue weighted by Gasteiger charge is 2.22. The van der Waals surface area contributed by atoms with E-state index in [4.69, 9.17) is 8.83 Å². The monoisotopic (exact) mass is 560 g/mol. The number of furan rings is 2. The van der Waals surface area contributed by atoms with Crippen LogP contribution in [-0.2, 0) is 0 Å². The molecule has 0 aliphatic rings. The largest absolute Gasteiger partial charge is 0.456 e. The van der Waals surface area contributed by atoms with Gasteiger partial charge in [-0.3, -0.25) is 0 Å². The molecule has 10 rings (SSSR count). The Morgan fingerprint density at radius 1 is 0.295 bits per heavy atom. The molecule has 0 aliphatic heterocycles. The van der Waals surface area contributed by atoms with E-state index in [1.165, 1.54) is 54.6 Å². The summed E-state index contributed by atoms with van der Waals surface area (Å²) in [5, 5.41) is 11.8. The summed E-state index contributed by atoms with van der Waals surface area (Å²) in [6.45, 7) is 0. The molecule has 0 aliphatic carbocycles. The molecule has 0 spiro atoms. The molecule has 0 saturated carbocycles. The summed E-state index contributed by atoms with van der Waals surface area (Å²) in [4.78, 5) is 0. The van der Waals surface area contributed by atoms with Gasteiger partial charge in [0.1, 0.15) is 22.3 Å². The average molecular weight is 561 g/mol. The van der Waals surface area contributed by atoms with Crippen molar-refractivity contribution in [2.24, 2.45) is 0 Å². The van der Waals surface area contributed by atoms with Crippen LogP contribution in [0.3, 0.4) is 0 Å². The van der Waals surface area contributed by atoms with Gasteiger partial charge in [0.05, 0.1) is 5.39 Å². The van der Waals surface area contributed by atoms with E-state index in [1.54, 1.807) is 0 Å². The van der Waals surface area contributed by atoms with Crippen LogP contribution in [-0.4, -0.2) is 0 Å². The van der Waals surface area contributed by atoms with Crippen molar-refractivity contribution in [1.82, 2.24) is 0 Å². The molecule has 2 heterocycles. The highest BCUT2D eigenvalue weighted by Crippen LogP contribution is 2.48. The predicted octanol–water partition coefficient (Wildman–Crippen LogP) is 12.3. The van der Waals surface area contributed by atoms with Crippen molar-refractivity contribution in [2.75, 3.05) is 0 Å². The number of hydrogen-bond acceptors (Lipinski definition) is 2. The van der Waals surface area contributed by atoms with Crippen molar-refractivity contribution < 1.29 is 8.83 Å². The molecule has 44 heavy (non-hydrogen) atoms. The maximum atomic E-state index is 6.70. The fourth-order valence-corrected chi connectivity index (χ4v) is 7.45. The van der Waals surface area contributed by atoms with Crippen LogP contribution in [0.5, 0.6) is 0 Å². The summed E-state index contributed by atoms with van der Waals surface area (Å²) in [7, 11) is 0. The summed E-state index contributed by atoms with van der Waals surface area (Å²) >= 11 is 0. The molecule has 0 N–H and O–H groups in total. The van der Waals surface area contributed by atoms with Crippen molar-refractivity contribution in [3.63, 3.8) is 0 Å². The molecule has 2 aromatic heterocycles. The molecule has 0 bridgehead atoms. The molecule has 2 heteroatoms. The lowest BCUT2D eigenvalue weighted by molar-refractivity contribution is 0.663. The zero-order valence-electron chi connectivity index (χ0n) is 23.7. The van der Waals surface area contributed by atoms with Gasteiger partial charge in [0.2, 0.25) is 0 Å². The molecule has 0 saturated heterocycles. The van der Waals surface area contributed by atoms with Crippen LogP contribution in [0.4, 0.5) is 0 Å². The Labute approximate surface area is 252 Å². The van der Waals surface area contributed by atoms with Crippen molar-refractivity contribution in [3.05, 3.63) is 146 Å². The lowest BCUT2D eigenvalue weighted by Gasteiger charge is -2.19. The number of rotatable bonds is 2. The summed E-state index contributed by atoms with van der Waals surface area (Å²) in [5.74, 6) is 0. The van der Waals surface area contributed by atoms with Crippen molar-refractivity contribution in [1.29, 1.82) is 0 Å². The maximum absolute atomic E-state index is 6.70. The van der Waals surface area contributed by atoms with Gasteiger partial charge >= 0.3 is 0 Å². The van der Waals surface area contributed by atoms with Gasteiger partial charge in [0.15, 0.2) is 0 Å². The van der Waals surface area contributed by atoms with Gasteiger partial charge in [-0.1, -0.05) is 121 Å². The summed E-state index contributed by atoms with van der Waals surface area (Å²) < 4.78 is 12.9. The Morgan fingerprint density at radius 2 is 0.818 bits per heavy atom. The van der Waals surface area contributed by atoms with E-state index in [2.05, 4.69) is 133 Å². The summed E-state index contributed by atoms with van der Waals surface area (Å²) in [6.07, 6.45) is 0. The zero-order chi connectivity index (χ0) is 28.8. The summed E-state index contributed by atoms with van der Waals surface area (Å²) in [5.41, 5.74) is 8.38. The third kappa shape index (κ3) is 3.14. The molecule has 0 unspecified atom stereocenters. The molecule has 0 radical (unpaired) electrons. The minimum absolute atomic E-state index is 0.842. The van der Waals surface area contributed by atoms with Crippen LogP contribution in [0, 0.1) is 0 Å². The predicted molar refractivity (Wildman–Crippen MR) is 184 cm³/mol. The normalized spacial score (nSPS) is 12.1. The quantitative estimate of drug-likeness (QED) is 0.197. The highest BCUT2D eigenvalue weighted by atomic mass is 16.3. The van der Waals surface area contributed by atoms with E-state index in [0.717, 1.165) is 43.9 Å². The Morgan fingerprint density at radius 3 is 1.57 bits per heavy atom. The van der Waals surface area contributed by atoms with Crippen LogP contribution >= 0.6 is 0 Å². The average Bonchev–Trinajstić information content (AvgIpc) is 3.65. The molecule has 0 fully saturated rings. The van der Waals surface area contributed by atoms with Crippen molar-refractivity contribution in [3.8, 4) is 22.3 Å². The second-order valence-electron chi connectivity index (χ2n) is 11.6. The third-order valence-electron chi connectivity index (χ3n) is 9.26. The molecule has 2 nitrogen and oxygen atoms in total. The van der Waals surface area contributed by atoms with Crippen LogP contribution < -0.4 is 0 Å². The van der Waals surface area contributed by atoms with E-state index >= 15 is 0 Å². The van der Waals surface area contributed by atoms with Crippen LogP contribution in [0.25, 0.3) is 98.4 Å². The number of hydrogen-bond donors (Lipinski definition) is 0. The second kappa shape index (κ2) is 8.82. The van der Waals surface area contributed by atoms with Gasteiger partial charge in [-0.15, -0.1) is 0 Å². The fraction of sp³-hybridized carbons (Fsp3) is 0. The fourth-order valence-electron chi connectivity index (χ4n) is 7.45. The number of benzene rings is 8. The van der Waals surface area contributed by atoms with Crippen molar-refractivity contribution in [2.45, 2.75) is 0 Å². The molecule has 204 valence electrons. The van der Waals surface area contributed by atoms with Gasteiger partial charge in [0.25, 0.3) is 0 Å². The van der Waals surface area contributed by atoms with Crippen LogP contribution in [0.1, 0.15) is 0 Å². The first-order chi connectivity index (χ1) is 21.8. The van der Waals surface area contributed by atoms with E-state index in [0.29, 0.717) is 0 Å². The molecule has 0 amide bonds. The Hall–Kier alpha value is -5.86. The van der Waals surface area contributed by atoms with Crippen LogP contribution in [0.2, 0.25) is 0 Å². The highest BCUT2D eigenvalue weighted by molar-refractivity contribution is 6.29.